The molecular formula is C23H29N5O4S. The van der Waals surface area contributed by atoms with Crippen molar-refractivity contribution in [2.75, 3.05) is 25.6 Å². The van der Waals surface area contributed by atoms with E-state index in [9.17, 15) is 13.2 Å². The van der Waals surface area contributed by atoms with E-state index in [0.29, 0.717) is 38.1 Å². The Morgan fingerprint density at radius 1 is 1.18 bits per heavy atom. The number of nitrogens with one attached hydrogen (secondary N) is 1. The fraction of sp³-hybridized carbons (Fsp3) is 0.435. The fourth-order valence-electron chi connectivity index (χ4n) is 4.26. The van der Waals surface area contributed by atoms with Crippen LogP contribution in [0.3, 0.4) is 0 Å². The van der Waals surface area contributed by atoms with Gasteiger partial charge in [-0.15, -0.1) is 5.10 Å². The van der Waals surface area contributed by atoms with Crippen molar-refractivity contribution in [2.45, 2.75) is 50.6 Å². The van der Waals surface area contributed by atoms with Crippen molar-refractivity contribution in [2.24, 2.45) is 0 Å². The van der Waals surface area contributed by atoms with Crippen molar-refractivity contribution in [3.05, 3.63) is 47.5 Å². The topological polar surface area (TPSA) is 106 Å². The Balaban J connectivity index is 1.62. The highest BCUT2D eigenvalue weighted by Crippen LogP contribution is 2.29. The first-order valence-electron chi connectivity index (χ1n) is 11.0. The molecule has 1 aliphatic rings. The number of methoxy groups -OCH3 is 1. The second-order valence-corrected chi connectivity index (χ2v) is 10.2. The fourth-order valence-corrected chi connectivity index (χ4v) is 5.94. The molecule has 1 aliphatic heterocycles. The van der Waals surface area contributed by atoms with Crippen molar-refractivity contribution in [3.8, 4) is 0 Å². The zero-order chi connectivity index (χ0) is 23.6. The number of aryl methyl sites for hydroxylation is 2. The summed E-state index contributed by atoms with van der Waals surface area (Å²) in [6, 6.07) is 9.79. The van der Waals surface area contributed by atoms with Crippen LogP contribution in [0.4, 0.5) is 5.69 Å². The monoisotopic (exact) mass is 471 g/mol. The highest BCUT2D eigenvalue weighted by atomic mass is 32.2. The molecule has 9 nitrogen and oxygen atoms in total. The van der Waals surface area contributed by atoms with Crippen molar-refractivity contribution < 1.29 is 17.9 Å². The minimum atomic E-state index is -3.90. The van der Waals surface area contributed by atoms with Gasteiger partial charge in [0.2, 0.25) is 15.9 Å². The van der Waals surface area contributed by atoms with E-state index >= 15 is 0 Å². The molecule has 1 aromatic heterocycles. The molecule has 1 N–H and O–H groups in total. The average Bonchev–Trinajstić information content (AvgIpc) is 3.22. The molecule has 33 heavy (non-hydrogen) atoms. The van der Waals surface area contributed by atoms with E-state index in [1.807, 2.05) is 32.0 Å². The van der Waals surface area contributed by atoms with Gasteiger partial charge in [0.05, 0.1) is 23.6 Å². The van der Waals surface area contributed by atoms with Crippen LogP contribution in [0, 0.1) is 13.8 Å². The quantitative estimate of drug-likeness (QED) is 0.568. The van der Waals surface area contributed by atoms with Crippen LogP contribution in [0.15, 0.2) is 41.3 Å². The number of carbonyl (C=O) groups is 1. The van der Waals surface area contributed by atoms with Gasteiger partial charge in [0, 0.05) is 19.3 Å². The minimum absolute atomic E-state index is 0.112. The second kappa shape index (κ2) is 9.58. The van der Waals surface area contributed by atoms with Crippen LogP contribution in [-0.4, -0.2) is 59.9 Å². The number of anilines is 1. The maximum atomic E-state index is 13.6. The molecule has 1 fully saturated rings. The van der Waals surface area contributed by atoms with Crippen LogP contribution in [0.25, 0.3) is 11.0 Å². The Morgan fingerprint density at radius 3 is 2.67 bits per heavy atom. The molecule has 2 aromatic carbocycles. The number of sulfonamides is 1. The van der Waals surface area contributed by atoms with Gasteiger partial charge in [-0.2, -0.15) is 4.31 Å². The molecule has 0 bridgehead atoms. The highest BCUT2D eigenvalue weighted by Gasteiger charge is 2.38. The molecule has 176 valence electrons. The van der Waals surface area contributed by atoms with Crippen LogP contribution in [-0.2, 0) is 26.1 Å². The van der Waals surface area contributed by atoms with Crippen molar-refractivity contribution in [3.63, 3.8) is 0 Å². The van der Waals surface area contributed by atoms with Crippen molar-refractivity contribution in [1.29, 1.82) is 0 Å². The van der Waals surface area contributed by atoms with Gasteiger partial charge in [0.15, 0.2) is 0 Å². The number of benzene rings is 2. The summed E-state index contributed by atoms with van der Waals surface area (Å²) in [6.45, 7) is 5.14. The lowest BCUT2D eigenvalue weighted by Crippen LogP contribution is -2.49. The number of amides is 1. The Morgan fingerprint density at radius 2 is 1.94 bits per heavy atom. The lowest BCUT2D eigenvalue weighted by Gasteiger charge is -2.33. The number of hydrogen-bond acceptors (Lipinski definition) is 6. The van der Waals surface area contributed by atoms with Gasteiger partial charge in [-0.25, -0.2) is 13.1 Å². The number of aromatic nitrogens is 3. The summed E-state index contributed by atoms with van der Waals surface area (Å²) >= 11 is 0. The number of ether oxygens (including phenoxy) is 1. The number of rotatable bonds is 7. The molecule has 3 aromatic rings. The Bertz CT molecular complexity index is 1250. The summed E-state index contributed by atoms with van der Waals surface area (Å²) < 4.78 is 35.3. The van der Waals surface area contributed by atoms with Gasteiger partial charge in [0.25, 0.3) is 0 Å². The van der Waals surface area contributed by atoms with E-state index in [1.54, 1.807) is 23.9 Å². The summed E-state index contributed by atoms with van der Waals surface area (Å²) in [5, 5.41) is 11.2. The van der Waals surface area contributed by atoms with Crippen LogP contribution < -0.4 is 5.32 Å². The van der Waals surface area contributed by atoms with E-state index < -0.39 is 16.1 Å². The van der Waals surface area contributed by atoms with Crippen molar-refractivity contribution in [1.82, 2.24) is 19.3 Å². The lowest BCUT2D eigenvalue weighted by atomic mass is 10.0. The molecule has 0 saturated carbocycles. The van der Waals surface area contributed by atoms with Crippen LogP contribution >= 0.6 is 0 Å². The number of piperidine rings is 1. The molecule has 0 aliphatic carbocycles. The molecular weight excluding hydrogens is 442 g/mol. The van der Waals surface area contributed by atoms with E-state index in [2.05, 4.69) is 15.6 Å². The molecule has 1 unspecified atom stereocenters. The van der Waals surface area contributed by atoms with Crippen LogP contribution in [0.5, 0.6) is 0 Å². The normalized spacial score (nSPS) is 17.4. The Hall–Kier alpha value is -2.82. The first-order chi connectivity index (χ1) is 15.8. The van der Waals surface area contributed by atoms with E-state index in [4.69, 9.17) is 4.74 Å². The Kier molecular flexibility index (Phi) is 6.78. The first kappa shape index (κ1) is 23.3. The number of hydrogen-bond donors (Lipinski definition) is 1. The standard InChI is InChI=1S/C23H29N5O4S/c1-16-7-6-8-17(2)22(16)24-23(29)21-9-4-5-12-28(21)33(30,31)18-10-11-20-19(15-18)25-26-27(20)13-14-32-3/h6-8,10-11,15,21H,4-5,9,12-14H2,1-3H3,(H,24,29). The van der Waals surface area contributed by atoms with Crippen LogP contribution in [0.2, 0.25) is 0 Å². The van der Waals surface area contributed by atoms with E-state index in [-0.39, 0.29) is 10.8 Å². The van der Waals surface area contributed by atoms with E-state index in [0.717, 1.165) is 28.8 Å². The SMILES string of the molecule is COCCn1nnc2cc(S(=O)(=O)N3CCCCC3C(=O)Nc3c(C)cccc3C)ccc21. The van der Waals surface area contributed by atoms with Crippen LogP contribution in [0.1, 0.15) is 30.4 Å². The third-order valence-corrected chi connectivity index (χ3v) is 7.99. The smallest absolute Gasteiger partial charge is 0.243 e. The average molecular weight is 472 g/mol. The first-order valence-corrected chi connectivity index (χ1v) is 12.5. The minimum Gasteiger partial charge on any atom is -0.383 e. The molecule has 10 heteroatoms. The van der Waals surface area contributed by atoms with E-state index in [1.165, 1.54) is 10.4 Å². The number of para-hydroxylation sites is 1. The van der Waals surface area contributed by atoms with Gasteiger partial charge >= 0.3 is 0 Å². The molecule has 1 saturated heterocycles. The number of carbonyl (C=O) groups excluding carboxylic acids is 1. The van der Waals surface area contributed by atoms with Crippen molar-refractivity contribution >= 4 is 32.7 Å². The highest BCUT2D eigenvalue weighted by molar-refractivity contribution is 7.89. The largest absolute Gasteiger partial charge is 0.383 e. The number of fused-ring (bicyclic) bond motifs is 1. The van der Waals surface area contributed by atoms with Gasteiger partial charge in [-0.1, -0.05) is 29.8 Å². The zero-order valence-corrected chi connectivity index (χ0v) is 19.9. The maximum Gasteiger partial charge on any atom is 0.243 e. The Labute approximate surface area is 193 Å². The summed E-state index contributed by atoms with van der Waals surface area (Å²) in [4.78, 5) is 13.3. The number of nitrogens with zero attached hydrogens (tertiary/aromatic N) is 4. The lowest BCUT2D eigenvalue weighted by molar-refractivity contribution is -0.120. The predicted molar refractivity (Wildman–Crippen MR) is 125 cm³/mol. The van der Waals surface area contributed by atoms with Gasteiger partial charge in [0.1, 0.15) is 11.6 Å². The predicted octanol–water partition coefficient (Wildman–Crippen LogP) is 2.88. The summed E-state index contributed by atoms with van der Waals surface area (Å²) in [7, 11) is -2.29. The second-order valence-electron chi connectivity index (χ2n) is 8.34. The summed E-state index contributed by atoms with van der Waals surface area (Å²) in [6.07, 6.45) is 1.98. The summed E-state index contributed by atoms with van der Waals surface area (Å²) in [5.74, 6) is -0.303. The zero-order valence-electron chi connectivity index (χ0n) is 19.1. The molecule has 1 amide bonds. The maximum absolute atomic E-state index is 13.6. The molecule has 2 heterocycles. The van der Waals surface area contributed by atoms with Gasteiger partial charge < -0.3 is 10.1 Å². The third-order valence-electron chi connectivity index (χ3n) is 6.08. The molecule has 4 rings (SSSR count). The molecule has 1 atom stereocenters. The molecule has 0 spiro atoms. The van der Waals surface area contributed by atoms with Gasteiger partial charge in [-0.05, 0) is 56.0 Å². The molecule has 0 radical (unpaired) electrons. The van der Waals surface area contributed by atoms with Gasteiger partial charge in [-0.3, -0.25) is 4.79 Å². The third kappa shape index (κ3) is 4.64. The summed E-state index contributed by atoms with van der Waals surface area (Å²) in [5.41, 5.74) is 3.83.